The first-order valence-electron chi connectivity index (χ1n) is 6.40. The molecule has 0 spiro atoms. The Morgan fingerprint density at radius 3 is 2.63 bits per heavy atom. The van der Waals surface area contributed by atoms with Crippen molar-refractivity contribution in [2.24, 2.45) is 11.8 Å². The number of nitrogens with two attached hydrogens (primary N) is 1. The van der Waals surface area contributed by atoms with Gasteiger partial charge >= 0.3 is 0 Å². The lowest BCUT2D eigenvalue weighted by molar-refractivity contribution is 0.453. The molecule has 0 aliphatic heterocycles. The van der Waals surface area contributed by atoms with Gasteiger partial charge in [-0.1, -0.05) is 38.1 Å². The van der Waals surface area contributed by atoms with Crippen molar-refractivity contribution >= 4 is 11.6 Å². The molecule has 2 aromatic rings. The minimum absolute atomic E-state index is 0.181. The van der Waals surface area contributed by atoms with E-state index in [0.717, 1.165) is 12.0 Å². The summed E-state index contributed by atoms with van der Waals surface area (Å²) < 4.78 is 5.43. The minimum atomic E-state index is -0.181. The highest BCUT2D eigenvalue weighted by atomic mass is 35.5. The number of halogens is 1. The second kappa shape index (κ2) is 6.24. The normalized spacial score (nSPS) is 12.9. The fraction of sp³-hybridized carbons (Fsp3) is 0.333. The summed E-state index contributed by atoms with van der Waals surface area (Å²) in [6, 6.07) is 11.7. The molecule has 0 saturated heterocycles. The lowest BCUT2D eigenvalue weighted by Gasteiger charge is -2.15. The van der Waals surface area contributed by atoms with Crippen LogP contribution in [0.1, 0.15) is 36.8 Å². The molecule has 19 heavy (non-hydrogen) atoms. The zero-order valence-corrected chi connectivity index (χ0v) is 11.9. The molecule has 0 fully saturated rings. The summed E-state index contributed by atoms with van der Waals surface area (Å²) >= 11 is 5.81. The molecule has 0 bridgehead atoms. The Morgan fingerprint density at radius 1 is 1.26 bits per heavy atom. The third-order valence-corrected chi connectivity index (χ3v) is 3.18. The lowest BCUT2D eigenvalue weighted by Crippen LogP contribution is -2.28. The quantitative estimate of drug-likeness (QED) is 0.648. The van der Waals surface area contributed by atoms with Gasteiger partial charge in [0.05, 0.1) is 0 Å². The summed E-state index contributed by atoms with van der Waals surface area (Å²) in [5, 5.41) is 0.369. The summed E-state index contributed by atoms with van der Waals surface area (Å²) in [5.41, 5.74) is 5.15. The monoisotopic (exact) mass is 278 g/mol. The molecule has 1 unspecified atom stereocenters. The van der Waals surface area contributed by atoms with Crippen molar-refractivity contribution in [3.63, 3.8) is 0 Å². The van der Waals surface area contributed by atoms with Crippen LogP contribution in [0.3, 0.4) is 0 Å². The molecule has 2 rings (SSSR count). The number of rotatable bonds is 5. The van der Waals surface area contributed by atoms with E-state index in [-0.39, 0.29) is 6.04 Å². The number of hydrogen-bond acceptors (Lipinski definition) is 3. The van der Waals surface area contributed by atoms with Gasteiger partial charge in [0.25, 0.3) is 0 Å². The maximum Gasteiger partial charge on any atom is 0.193 e. The Hall–Kier alpha value is -1.29. The smallest absolute Gasteiger partial charge is 0.193 e. The molecular formula is C15H19ClN2O. The van der Waals surface area contributed by atoms with Gasteiger partial charge in [0.1, 0.15) is 11.8 Å². The number of hydrazine groups is 1. The van der Waals surface area contributed by atoms with Gasteiger partial charge in [-0.2, -0.15) is 0 Å². The van der Waals surface area contributed by atoms with Crippen LogP contribution in [0, 0.1) is 5.92 Å². The number of nitrogens with one attached hydrogen (secondary N) is 1. The third-order valence-electron chi connectivity index (χ3n) is 2.97. The van der Waals surface area contributed by atoms with Crippen molar-refractivity contribution in [3.8, 4) is 0 Å². The Bertz CT molecular complexity index is 536. The molecule has 0 amide bonds. The third kappa shape index (κ3) is 3.60. The van der Waals surface area contributed by atoms with Crippen molar-refractivity contribution in [2.75, 3.05) is 0 Å². The van der Waals surface area contributed by atoms with Crippen LogP contribution in [-0.4, -0.2) is 0 Å². The van der Waals surface area contributed by atoms with Crippen molar-refractivity contribution < 1.29 is 4.42 Å². The largest absolute Gasteiger partial charge is 0.448 e. The zero-order chi connectivity index (χ0) is 13.8. The molecular weight excluding hydrogens is 260 g/mol. The number of benzene rings is 1. The second-order valence-corrected chi connectivity index (χ2v) is 5.46. The molecule has 1 heterocycles. The van der Waals surface area contributed by atoms with Crippen LogP contribution in [0.5, 0.6) is 0 Å². The fourth-order valence-corrected chi connectivity index (χ4v) is 2.35. The van der Waals surface area contributed by atoms with Crippen LogP contribution in [0.4, 0.5) is 0 Å². The first-order valence-corrected chi connectivity index (χ1v) is 6.78. The van der Waals surface area contributed by atoms with E-state index in [1.165, 1.54) is 5.56 Å². The molecule has 0 aliphatic carbocycles. The van der Waals surface area contributed by atoms with Crippen molar-refractivity contribution in [2.45, 2.75) is 26.3 Å². The minimum Gasteiger partial charge on any atom is -0.448 e. The van der Waals surface area contributed by atoms with E-state index in [2.05, 4.69) is 31.4 Å². The Labute approximate surface area is 118 Å². The van der Waals surface area contributed by atoms with Gasteiger partial charge in [0, 0.05) is 0 Å². The van der Waals surface area contributed by atoms with E-state index in [1.54, 1.807) is 6.07 Å². The molecule has 0 saturated carbocycles. The molecule has 0 aliphatic rings. The van der Waals surface area contributed by atoms with Gasteiger partial charge in [-0.15, -0.1) is 0 Å². The van der Waals surface area contributed by atoms with Crippen molar-refractivity contribution in [1.29, 1.82) is 0 Å². The molecule has 4 heteroatoms. The van der Waals surface area contributed by atoms with Gasteiger partial charge in [-0.3, -0.25) is 5.84 Å². The van der Waals surface area contributed by atoms with Gasteiger partial charge in [0.15, 0.2) is 5.22 Å². The summed E-state index contributed by atoms with van der Waals surface area (Å²) in [7, 11) is 0. The highest BCUT2D eigenvalue weighted by Gasteiger charge is 2.16. The fourth-order valence-electron chi connectivity index (χ4n) is 2.20. The molecule has 1 aromatic heterocycles. The van der Waals surface area contributed by atoms with Gasteiger partial charge in [-0.25, -0.2) is 5.43 Å². The predicted molar refractivity (Wildman–Crippen MR) is 77.9 cm³/mol. The summed E-state index contributed by atoms with van der Waals surface area (Å²) in [5.74, 6) is 6.98. The summed E-state index contributed by atoms with van der Waals surface area (Å²) in [6.07, 6.45) is 1.05. The standard InChI is InChI=1S/C15H19ClN2O/c1-10(2)8-11-4-3-5-12(9-11)15(18-17)13-6-7-14(16)19-13/h3-7,9-10,15,18H,8,17H2,1-2H3. The molecule has 0 radical (unpaired) electrons. The summed E-state index contributed by atoms with van der Waals surface area (Å²) in [6.45, 7) is 4.41. The van der Waals surface area contributed by atoms with Crippen LogP contribution < -0.4 is 11.3 Å². The van der Waals surface area contributed by atoms with Gasteiger partial charge in [0.2, 0.25) is 0 Å². The molecule has 1 atom stereocenters. The zero-order valence-electron chi connectivity index (χ0n) is 11.2. The first-order chi connectivity index (χ1) is 9.10. The second-order valence-electron chi connectivity index (χ2n) is 5.08. The Morgan fingerprint density at radius 2 is 2.05 bits per heavy atom. The maximum atomic E-state index is 5.81. The van der Waals surface area contributed by atoms with Crippen LogP contribution >= 0.6 is 11.6 Å². The Balaban J connectivity index is 2.28. The van der Waals surface area contributed by atoms with Gasteiger partial charge in [-0.05, 0) is 47.2 Å². The number of hydrogen-bond donors (Lipinski definition) is 2. The van der Waals surface area contributed by atoms with Crippen LogP contribution in [0.25, 0.3) is 0 Å². The molecule has 3 nitrogen and oxygen atoms in total. The maximum absolute atomic E-state index is 5.81. The van der Waals surface area contributed by atoms with Crippen molar-refractivity contribution in [3.05, 3.63) is 58.5 Å². The van der Waals surface area contributed by atoms with Gasteiger partial charge < -0.3 is 4.42 Å². The molecule has 102 valence electrons. The topological polar surface area (TPSA) is 51.2 Å². The highest BCUT2D eigenvalue weighted by Crippen LogP contribution is 2.26. The van der Waals surface area contributed by atoms with E-state index < -0.39 is 0 Å². The van der Waals surface area contributed by atoms with E-state index >= 15 is 0 Å². The number of furan rings is 1. The average molecular weight is 279 g/mol. The Kier molecular flexibility index (Phi) is 4.64. The summed E-state index contributed by atoms with van der Waals surface area (Å²) in [4.78, 5) is 0. The van der Waals surface area contributed by atoms with E-state index in [9.17, 15) is 0 Å². The van der Waals surface area contributed by atoms with Crippen LogP contribution in [0.2, 0.25) is 5.22 Å². The van der Waals surface area contributed by atoms with Crippen LogP contribution in [0.15, 0.2) is 40.8 Å². The first kappa shape index (κ1) is 14.1. The van der Waals surface area contributed by atoms with Crippen LogP contribution in [-0.2, 0) is 6.42 Å². The van der Waals surface area contributed by atoms with E-state index in [0.29, 0.717) is 16.9 Å². The lowest BCUT2D eigenvalue weighted by atomic mass is 9.97. The molecule has 1 aromatic carbocycles. The highest BCUT2D eigenvalue weighted by molar-refractivity contribution is 6.28. The van der Waals surface area contributed by atoms with E-state index in [1.807, 2.05) is 18.2 Å². The molecule has 3 N–H and O–H groups in total. The average Bonchev–Trinajstić information content (AvgIpc) is 2.76. The predicted octanol–water partition coefficient (Wildman–Crippen LogP) is 3.68. The SMILES string of the molecule is CC(C)Cc1cccc(C(NN)c2ccc(Cl)o2)c1. The van der Waals surface area contributed by atoms with E-state index in [4.69, 9.17) is 21.9 Å². The van der Waals surface area contributed by atoms with Crippen molar-refractivity contribution in [1.82, 2.24) is 5.43 Å².